The van der Waals surface area contributed by atoms with E-state index in [1.807, 2.05) is 36.9 Å². The minimum absolute atomic E-state index is 0.0640. The molecule has 0 bridgehead atoms. The van der Waals surface area contributed by atoms with Crippen LogP contribution in [0.5, 0.6) is 11.5 Å². The molecule has 1 saturated heterocycles. The van der Waals surface area contributed by atoms with Gasteiger partial charge < -0.3 is 24.4 Å². The minimum Gasteiger partial charge on any atom is -0.497 e. The number of amides is 2. The van der Waals surface area contributed by atoms with E-state index in [2.05, 4.69) is 5.32 Å². The quantitative estimate of drug-likeness (QED) is 0.903. The lowest BCUT2D eigenvalue weighted by Crippen LogP contribution is -2.51. The van der Waals surface area contributed by atoms with Crippen molar-refractivity contribution < 1.29 is 19.0 Å². The van der Waals surface area contributed by atoms with E-state index in [1.165, 1.54) is 0 Å². The fraction of sp³-hybridized carbons (Fsp3) is 0.611. The van der Waals surface area contributed by atoms with Gasteiger partial charge in [-0.2, -0.15) is 0 Å². The van der Waals surface area contributed by atoms with Crippen molar-refractivity contribution in [1.82, 2.24) is 10.2 Å². The second-order valence-corrected chi connectivity index (χ2v) is 7.06. The molecule has 3 rings (SSSR count). The molecule has 1 aromatic rings. The van der Waals surface area contributed by atoms with Crippen molar-refractivity contribution in [2.45, 2.75) is 44.9 Å². The van der Waals surface area contributed by atoms with Crippen LogP contribution >= 0.6 is 0 Å². The average Bonchev–Trinajstić information content (AvgIpc) is 2.69. The highest BCUT2D eigenvalue weighted by Crippen LogP contribution is 2.32. The van der Waals surface area contributed by atoms with Gasteiger partial charge in [-0.25, -0.2) is 4.79 Å². The lowest BCUT2D eigenvalue weighted by Gasteiger charge is -2.31. The van der Waals surface area contributed by atoms with Crippen molar-refractivity contribution in [2.24, 2.45) is 0 Å². The van der Waals surface area contributed by atoms with Gasteiger partial charge >= 0.3 is 6.03 Å². The summed E-state index contributed by atoms with van der Waals surface area (Å²) in [6, 6.07) is 5.76. The van der Waals surface area contributed by atoms with E-state index in [4.69, 9.17) is 14.2 Å². The first-order valence-corrected chi connectivity index (χ1v) is 8.46. The van der Waals surface area contributed by atoms with Crippen molar-refractivity contribution in [3.63, 3.8) is 0 Å². The van der Waals surface area contributed by atoms with E-state index < -0.39 is 5.60 Å². The van der Waals surface area contributed by atoms with Crippen LogP contribution in [0.25, 0.3) is 0 Å². The van der Waals surface area contributed by atoms with E-state index in [0.717, 1.165) is 36.5 Å². The van der Waals surface area contributed by atoms with E-state index in [0.29, 0.717) is 19.7 Å². The largest absolute Gasteiger partial charge is 0.497 e. The molecular formula is C18H26N2O4. The van der Waals surface area contributed by atoms with Gasteiger partial charge in [-0.1, -0.05) is 0 Å². The van der Waals surface area contributed by atoms with E-state index in [9.17, 15) is 4.79 Å². The topological polar surface area (TPSA) is 60.0 Å². The predicted octanol–water partition coefficient (Wildman–Crippen LogP) is 2.56. The molecule has 2 amide bonds. The maximum atomic E-state index is 12.7. The molecule has 1 aromatic carbocycles. The van der Waals surface area contributed by atoms with Gasteiger partial charge in [0.05, 0.1) is 32.8 Å². The van der Waals surface area contributed by atoms with Gasteiger partial charge in [0.1, 0.15) is 17.1 Å². The molecule has 132 valence electrons. The number of hydrogen-bond donors (Lipinski definition) is 1. The fourth-order valence-electron chi connectivity index (χ4n) is 3.20. The molecule has 2 heterocycles. The first-order chi connectivity index (χ1) is 11.5. The summed E-state index contributed by atoms with van der Waals surface area (Å²) in [5.41, 5.74) is 0.509. The zero-order chi connectivity index (χ0) is 17.2. The Morgan fingerprint density at radius 3 is 2.96 bits per heavy atom. The van der Waals surface area contributed by atoms with Crippen LogP contribution in [0, 0.1) is 0 Å². The third-order valence-electron chi connectivity index (χ3n) is 4.37. The Morgan fingerprint density at radius 2 is 2.25 bits per heavy atom. The fourth-order valence-corrected chi connectivity index (χ4v) is 3.20. The van der Waals surface area contributed by atoms with Gasteiger partial charge in [-0.05, 0) is 38.8 Å². The summed E-state index contributed by atoms with van der Waals surface area (Å²) in [6.07, 6.45) is 1.95. The Bertz CT molecular complexity index is 597. The summed E-state index contributed by atoms with van der Waals surface area (Å²) >= 11 is 0. The summed E-state index contributed by atoms with van der Waals surface area (Å²) < 4.78 is 16.9. The van der Waals surface area contributed by atoms with Gasteiger partial charge in [-0.15, -0.1) is 0 Å². The van der Waals surface area contributed by atoms with Gasteiger partial charge in [0.15, 0.2) is 0 Å². The van der Waals surface area contributed by atoms with Crippen molar-refractivity contribution in [1.29, 1.82) is 0 Å². The van der Waals surface area contributed by atoms with E-state index in [-0.39, 0.29) is 12.1 Å². The Labute approximate surface area is 143 Å². The summed E-state index contributed by atoms with van der Waals surface area (Å²) in [5, 5.41) is 3.09. The van der Waals surface area contributed by atoms with Crippen molar-refractivity contribution in [2.75, 3.05) is 26.9 Å². The Kier molecular flexibility index (Phi) is 4.85. The lowest BCUT2D eigenvalue weighted by molar-refractivity contribution is 0.0625. The average molecular weight is 334 g/mol. The number of nitrogens with zero attached hydrogens (tertiary/aromatic N) is 1. The van der Waals surface area contributed by atoms with Gasteiger partial charge in [0, 0.05) is 18.2 Å². The van der Waals surface area contributed by atoms with Crippen molar-refractivity contribution in [3.8, 4) is 11.5 Å². The Balaban J connectivity index is 1.76. The minimum atomic E-state index is -0.474. The van der Waals surface area contributed by atoms with Crippen molar-refractivity contribution in [3.05, 3.63) is 23.8 Å². The number of nitrogens with one attached hydrogen (secondary N) is 1. The smallest absolute Gasteiger partial charge is 0.318 e. The van der Waals surface area contributed by atoms with Crippen LogP contribution in [-0.4, -0.2) is 49.4 Å². The second kappa shape index (κ2) is 6.89. The monoisotopic (exact) mass is 334 g/mol. The number of rotatable bonds is 2. The highest BCUT2D eigenvalue weighted by Gasteiger charge is 2.32. The maximum Gasteiger partial charge on any atom is 0.318 e. The SMILES string of the molecule is COc1ccc2c(c1)OC(C)(C)CN(C(=O)N[C@@H]1CCCOC1)C2. The van der Waals surface area contributed by atoms with Crippen LogP contribution in [0.3, 0.4) is 0 Å². The molecule has 24 heavy (non-hydrogen) atoms. The molecule has 0 aromatic heterocycles. The number of urea groups is 1. The van der Waals surface area contributed by atoms with Gasteiger partial charge in [0.2, 0.25) is 0 Å². The van der Waals surface area contributed by atoms with Crippen LogP contribution in [0.1, 0.15) is 32.3 Å². The molecule has 1 fully saturated rings. The maximum absolute atomic E-state index is 12.7. The molecule has 2 aliphatic heterocycles. The number of benzene rings is 1. The molecule has 6 heteroatoms. The number of fused-ring (bicyclic) bond motifs is 1. The number of ether oxygens (including phenoxy) is 3. The molecule has 1 N–H and O–H groups in total. The van der Waals surface area contributed by atoms with Gasteiger partial charge in [-0.3, -0.25) is 0 Å². The molecular weight excluding hydrogens is 308 g/mol. The van der Waals surface area contributed by atoms with Crippen LogP contribution in [0.2, 0.25) is 0 Å². The molecule has 0 saturated carbocycles. The number of methoxy groups -OCH3 is 1. The molecule has 2 aliphatic rings. The zero-order valence-electron chi connectivity index (χ0n) is 14.6. The number of carbonyl (C=O) groups excluding carboxylic acids is 1. The van der Waals surface area contributed by atoms with Crippen LogP contribution in [0.15, 0.2) is 18.2 Å². The third kappa shape index (κ3) is 3.93. The van der Waals surface area contributed by atoms with E-state index >= 15 is 0 Å². The Hall–Kier alpha value is -1.95. The summed E-state index contributed by atoms with van der Waals surface area (Å²) in [7, 11) is 1.63. The molecule has 6 nitrogen and oxygen atoms in total. The molecule has 1 atom stereocenters. The first kappa shape index (κ1) is 16.9. The summed E-state index contributed by atoms with van der Waals surface area (Å²) in [6.45, 7) is 6.39. The van der Waals surface area contributed by atoms with Crippen LogP contribution < -0.4 is 14.8 Å². The normalized spacial score (nSPS) is 22.8. The molecule has 0 aliphatic carbocycles. The standard InChI is InChI=1S/C18H26N2O4/c1-18(2)12-20(17(21)19-14-5-4-8-23-11-14)10-13-6-7-15(22-3)9-16(13)24-18/h6-7,9,14H,4-5,8,10-12H2,1-3H3,(H,19,21)/t14-/m1/s1. The van der Waals surface area contributed by atoms with Crippen LogP contribution in [-0.2, 0) is 11.3 Å². The summed E-state index contributed by atoms with van der Waals surface area (Å²) in [4.78, 5) is 14.5. The zero-order valence-corrected chi connectivity index (χ0v) is 14.6. The molecule has 0 unspecified atom stereocenters. The van der Waals surface area contributed by atoms with Crippen molar-refractivity contribution >= 4 is 6.03 Å². The third-order valence-corrected chi connectivity index (χ3v) is 4.37. The predicted molar refractivity (Wildman–Crippen MR) is 90.5 cm³/mol. The highest BCUT2D eigenvalue weighted by atomic mass is 16.5. The summed E-state index contributed by atoms with van der Waals surface area (Å²) in [5.74, 6) is 1.53. The highest BCUT2D eigenvalue weighted by molar-refractivity contribution is 5.75. The molecule has 0 radical (unpaired) electrons. The number of hydrogen-bond acceptors (Lipinski definition) is 4. The van der Waals surface area contributed by atoms with E-state index in [1.54, 1.807) is 7.11 Å². The van der Waals surface area contributed by atoms with Gasteiger partial charge in [0.25, 0.3) is 0 Å². The second-order valence-electron chi connectivity index (χ2n) is 7.06. The van der Waals surface area contributed by atoms with Crippen LogP contribution in [0.4, 0.5) is 4.79 Å². The molecule has 0 spiro atoms. The first-order valence-electron chi connectivity index (χ1n) is 8.46. The number of carbonyl (C=O) groups is 1. The lowest BCUT2D eigenvalue weighted by atomic mass is 10.1. The Morgan fingerprint density at radius 1 is 1.42 bits per heavy atom.